The monoisotopic (exact) mass is 703 g/mol. The van der Waals surface area contributed by atoms with Gasteiger partial charge in [0, 0.05) is 36.1 Å². The van der Waals surface area contributed by atoms with Gasteiger partial charge in [0.2, 0.25) is 5.91 Å². The minimum atomic E-state index is -0.894. The number of hydrogen-bond acceptors (Lipinski definition) is 4. The van der Waals surface area contributed by atoms with Crippen LogP contribution in [0.3, 0.4) is 0 Å². The third-order valence-electron chi connectivity index (χ3n) is 14.7. The van der Waals surface area contributed by atoms with Crippen molar-refractivity contribution < 1.29 is 24.2 Å². The Hall–Kier alpha value is -3.03. The number of amides is 2. The van der Waals surface area contributed by atoms with Crippen LogP contribution in [0.5, 0.6) is 0 Å². The molecule has 0 unspecified atom stereocenters. The highest BCUT2D eigenvalue weighted by atomic mass is 16.6. The Morgan fingerprint density at radius 3 is 2.57 bits per heavy atom. The zero-order valence-corrected chi connectivity index (χ0v) is 31.8. The lowest BCUT2D eigenvalue weighted by atomic mass is 9.44. The Morgan fingerprint density at radius 1 is 0.980 bits per heavy atom. The molecule has 0 saturated heterocycles. The van der Waals surface area contributed by atoms with E-state index in [-0.39, 0.29) is 24.5 Å². The number of hydrogen-bond donors (Lipinski definition) is 4. The van der Waals surface area contributed by atoms with E-state index in [1.807, 2.05) is 30.5 Å². The first-order valence-corrected chi connectivity index (χ1v) is 20.5. The van der Waals surface area contributed by atoms with Crippen LogP contribution in [-0.2, 0) is 20.7 Å². The summed E-state index contributed by atoms with van der Waals surface area (Å²) in [6.07, 6.45) is 18.9. The minimum Gasteiger partial charge on any atom is -0.481 e. The maximum Gasteiger partial charge on any atom is 0.407 e. The first kappa shape index (κ1) is 37.7. The van der Waals surface area contributed by atoms with Gasteiger partial charge in [-0.25, -0.2) is 4.79 Å². The maximum atomic E-state index is 13.3. The van der Waals surface area contributed by atoms with Gasteiger partial charge >= 0.3 is 12.1 Å². The normalized spacial score (nSPS) is 32.6. The van der Waals surface area contributed by atoms with Gasteiger partial charge in [-0.1, -0.05) is 65.2 Å². The fourth-order valence-electron chi connectivity index (χ4n) is 12.0. The smallest absolute Gasteiger partial charge is 0.407 e. The van der Waals surface area contributed by atoms with Crippen LogP contribution >= 0.6 is 0 Å². The van der Waals surface area contributed by atoms with Gasteiger partial charge in [0.25, 0.3) is 0 Å². The van der Waals surface area contributed by atoms with Gasteiger partial charge < -0.3 is 25.5 Å². The van der Waals surface area contributed by atoms with Crippen molar-refractivity contribution in [1.29, 1.82) is 0 Å². The zero-order chi connectivity index (χ0) is 36.2. The van der Waals surface area contributed by atoms with Crippen LogP contribution in [0.4, 0.5) is 4.79 Å². The number of nitrogens with one attached hydrogen (secondary N) is 3. The van der Waals surface area contributed by atoms with Gasteiger partial charge in [-0.3, -0.25) is 9.59 Å². The summed E-state index contributed by atoms with van der Waals surface area (Å²) < 4.78 is 5.96. The van der Waals surface area contributed by atoms with E-state index in [2.05, 4.69) is 43.3 Å². The Balaban J connectivity index is 0.997. The number of aliphatic carboxylic acids is 1. The second kappa shape index (κ2) is 16.3. The lowest BCUT2D eigenvalue weighted by molar-refractivity contribution is -0.137. The van der Waals surface area contributed by atoms with E-state index in [1.165, 1.54) is 51.4 Å². The Labute approximate surface area is 306 Å². The number of rotatable bonds is 15. The Bertz CT molecular complexity index is 1510. The molecule has 1 heterocycles. The summed E-state index contributed by atoms with van der Waals surface area (Å²) in [6.45, 7) is 10.4. The number of alkyl carbamates (subject to hydrolysis) is 1. The molecule has 4 N–H and O–H groups in total. The molecule has 4 aliphatic carbocycles. The molecule has 1 aromatic carbocycles. The summed E-state index contributed by atoms with van der Waals surface area (Å²) in [7, 11) is 0. The summed E-state index contributed by atoms with van der Waals surface area (Å²) >= 11 is 0. The van der Waals surface area contributed by atoms with Crippen LogP contribution in [0.15, 0.2) is 30.5 Å². The number of carboxylic acids is 1. The van der Waals surface area contributed by atoms with Crippen molar-refractivity contribution >= 4 is 28.9 Å². The number of ether oxygens (including phenoxy) is 1. The van der Waals surface area contributed by atoms with Crippen LogP contribution < -0.4 is 10.6 Å². The molecule has 0 spiro atoms. The number of fused-ring (bicyclic) bond motifs is 6. The summed E-state index contributed by atoms with van der Waals surface area (Å²) in [5.74, 6) is 3.05. The molecular weight excluding hydrogens is 638 g/mol. The molecule has 282 valence electrons. The molecule has 6 rings (SSSR count). The van der Waals surface area contributed by atoms with Gasteiger partial charge in [0.05, 0.1) is 6.42 Å². The number of unbranched alkanes of at least 4 members (excludes halogenated alkanes) is 3. The fourth-order valence-corrected chi connectivity index (χ4v) is 12.0. The molecule has 4 aliphatic rings. The summed E-state index contributed by atoms with van der Waals surface area (Å²) in [4.78, 5) is 40.8. The standard InChI is InChI=1S/C43H65N3O5/c1-5-6-7-10-23-44-41(50)51-32-19-21-42(3)30(25-32)14-15-34-36-17-16-35(43(36,4)22-20-37(34)42)28(2)13-18-39(47)46-31(26-40(48)49)24-29-27-45-38-12-9-8-11-33(29)38/h8-9,11-12,27-28,30-32,34-37,45H,5-7,10,13-26H2,1-4H3,(H,44,50)(H,46,47)(H,48,49)/t28-,30-,31+,32-,34+,35-,36+,37+,42+,43-/m1/s1. The van der Waals surface area contributed by atoms with E-state index >= 15 is 0 Å². The van der Waals surface area contributed by atoms with Crippen molar-refractivity contribution in [3.8, 4) is 0 Å². The molecule has 1 aromatic heterocycles. The first-order chi connectivity index (χ1) is 24.5. The van der Waals surface area contributed by atoms with Crippen LogP contribution in [0.2, 0.25) is 0 Å². The molecule has 0 aliphatic heterocycles. The molecule has 2 amide bonds. The van der Waals surface area contributed by atoms with Gasteiger partial charge in [-0.15, -0.1) is 0 Å². The molecule has 10 atom stereocenters. The molecule has 4 saturated carbocycles. The van der Waals surface area contributed by atoms with Gasteiger partial charge in [-0.2, -0.15) is 0 Å². The predicted octanol–water partition coefficient (Wildman–Crippen LogP) is 9.42. The zero-order valence-electron chi connectivity index (χ0n) is 31.8. The van der Waals surface area contributed by atoms with E-state index in [9.17, 15) is 19.5 Å². The summed E-state index contributed by atoms with van der Waals surface area (Å²) in [5.41, 5.74) is 2.71. The summed E-state index contributed by atoms with van der Waals surface area (Å²) in [6, 6.07) is 7.57. The van der Waals surface area contributed by atoms with Gasteiger partial charge in [0.1, 0.15) is 6.10 Å². The van der Waals surface area contributed by atoms with E-state index in [0.717, 1.165) is 72.7 Å². The highest BCUT2D eigenvalue weighted by Gasteiger charge is 2.60. The van der Waals surface area contributed by atoms with Gasteiger partial charge in [0.15, 0.2) is 0 Å². The van der Waals surface area contributed by atoms with Crippen molar-refractivity contribution in [3.05, 3.63) is 36.0 Å². The number of carbonyl (C=O) groups excluding carboxylic acids is 2. The quantitative estimate of drug-likeness (QED) is 0.138. The molecule has 8 heteroatoms. The third-order valence-corrected chi connectivity index (χ3v) is 14.7. The number of carboxylic acid groups (broad SMARTS) is 1. The first-order valence-electron chi connectivity index (χ1n) is 20.5. The predicted molar refractivity (Wildman–Crippen MR) is 202 cm³/mol. The largest absolute Gasteiger partial charge is 0.481 e. The second-order valence-corrected chi connectivity index (χ2v) is 17.6. The van der Waals surface area contributed by atoms with Crippen molar-refractivity contribution in [2.24, 2.45) is 46.3 Å². The number of aromatic nitrogens is 1. The highest BCUT2D eigenvalue weighted by molar-refractivity contribution is 5.83. The SMILES string of the molecule is CCCCCCNC(=O)O[C@@H]1CC[C@@]2(C)[C@H](CC[C@@H]3[C@@H]2CC[C@]2(C)[C@@H]([C@H](C)CCC(=O)N[C@H](CC(=O)O)Cc4c[nH]c5ccccc45)CC[C@@H]32)C1. The van der Waals surface area contributed by atoms with E-state index in [4.69, 9.17) is 4.74 Å². The Morgan fingerprint density at radius 2 is 1.76 bits per heavy atom. The topological polar surface area (TPSA) is 121 Å². The molecule has 2 aromatic rings. The second-order valence-electron chi connectivity index (χ2n) is 17.6. The molecule has 51 heavy (non-hydrogen) atoms. The summed E-state index contributed by atoms with van der Waals surface area (Å²) in [5, 5.41) is 16.8. The van der Waals surface area contributed by atoms with Gasteiger partial charge in [-0.05, 0) is 135 Å². The molecule has 0 bridgehead atoms. The molecular formula is C43H65N3O5. The van der Waals surface area contributed by atoms with Crippen molar-refractivity contribution in [1.82, 2.24) is 15.6 Å². The number of benzene rings is 1. The van der Waals surface area contributed by atoms with Crippen molar-refractivity contribution in [2.45, 2.75) is 149 Å². The number of H-pyrrole nitrogens is 1. The average molecular weight is 704 g/mol. The maximum absolute atomic E-state index is 13.3. The van der Waals surface area contributed by atoms with Crippen molar-refractivity contribution in [3.63, 3.8) is 0 Å². The van der Waals surface area contributed by atoms with Crippen LogP contribution in [-0.4, -0.2) is 46.8 Å². The van der Waals surface area contributed by atoms with E-state index in [1.54, 1.807) is 0 Å². The van der Waals surface area contributed by atoms with Crippen molar-refractivity contribution in [2.75, 3.05) is 6.54 Å². The van der Waals surface area contributed by atoms with Crippen LogP contribution in [0.25, 0.3) is 10.9 Å². The number of aromatic amines is 1. The fraction of sp³-hybridized carbons (Fsp3) is 0.744. The minimum absolute atomic E-state index is 0.0355. The highest BCUT2D eigenvalue weighted by Crippen LogP contribution is 2.68. The average Bonchev–Trinajstić information content (AvgIpc) is 3.67. The lowest BCUT2D eigenvalue weighted by Crippen LogP contribution is -2.54. The van der Waals surface area contributed by atoms with E-state index in [0.29, 0.717) is 48.0 Å². The number of para-hydroxylation sites is 1. The molecule has 8 nitrogen and oxygen atoms in total. The Kier molecular flexibility index (Phi) is 12.1. The van der Waals surface area contributed by atoms with Crippen LogP contribution in [0.1, 0.15) is 136 Å². The molecule has 4 fully saturated rings. The lowest BCUT2D eigenvalue weighted by Gasteiger charge is -2.61. The van der Waals surface area contributed by atoms with Crippen LogP contribution in [0, 0.1) is 46.3 Å². The van der Waals surface area contributed by atoms with E-state index < -0.39 is 12.0 Å². The number of carbonyl (C=O) groups is 3. The molecule has 0 radical (unpaired) electrons. The third kappa shape index (κ3) is 8.30.